The van der Waals surface area contributed by atoms with Crippen LogP contribution in [0.15, 0.2) is 42.0 Å². The molecule has 0 aromatic heterocycles. The summed E-state index contributed by atoms with van der Waals surface area (Å²) < 4.78 is 27.5. The molecule has 2 atom stereocenters. The van der Waals surface area contributed by atoms with Gasteiger partial charge in [-0.2, -0.15) is 0 Å². The van der Waals surface area contributed by atoms with Gasteiger partial charge in [-0.1, -0.05) is 42.0 Å². The van der Waals surface area contributed by atoms with E-state index in [1.165, 1.54) is 25.7 Å². The van der Waals surface area contributed by atoms with Gasteiger partial charge in [-0.3, -0.25) is 0 Å². The summed E-state index contributed by atoms with van der Waals surface area (Å²) >= 11 is 0. The fourth-order valence-electron chi connectivity index (χ4n) is 4.84. The highest BCUT2D eigenvalue weighted by Gasteiger charge is 2.44. The summed E-state index contributed by atoms with van der Waals surface area (Å²) in [4.78, 5) is 0. The lowest BCUT2D eigenvalue weighted by Gasteiger charge is -2.50. The van der Waals surface area contributed by atoms with Crippen LogP contribution in [-0.2, 0) is 15.8 Å². The van der Waals surface area contributed by atoms with Crippen molar-refractivity contribution in [3.63, 3.8) is 0 Å². The zero-order valence-corrected chi connectivity index (χ0v) is 13.6. The van der Waals surface area contributed by atoms with Crippen molar-refractivity contribution in [2.45, 2.75) is 31.4 Å². The molecule has 0 spiro atoms. The van der Waals surface area contributed by atoms with E-state index < -0.39 is 10.0 Å². The van der Waals surface area contributed by atoms with Crippen LogP contribution in [0.2, 0.25) is 0 Å². The molecule has 1 aromatic carbocycles. The smallest absolute Gasteiger partial charge is 0.215 e. The van der Waals surface area contributed by atoms with Gasteiger partial charge < -0.3 is 0 Å². The van der Waals surface area contributed by atoms with Crippen molar-refractivity contribution in [1.82, 2.24) is 4.72 Å². The van der Waals surface area contributed by atoms with Crippen molar-refractivity contribution in [2.24, 2.45) is 23.7 Å². The molecule has 2 saturated carbocycles. The Morgan fingerprint density at radius 2 is 1.73 bits per heavy atom. The number of hydrogen-bond acceptors (Lipinski definition) is 2. The molecule has 0 radical (unpaired) electrons. The van der Waals surface area contributed by atoms with Gasteiger partial charge in [-0.15, -0.1) is 0 Å². The molecule has 0 aliphatic heterocycles. The molecular formula is C18H23NO2S. The Balaban J connectivity index is 1.39. The molecule has 5 rings (SSSR count). The van der Waals surface area contributed by atoms with Crippen LogP contribution in [0, 0.1) is 23.7 Å². The fraction of sp³-hybridized carbons (Fsp3) is 0.556. The van der Waals surface area contributed by atoms with Crippen molar-refractivity contribution < 1.29 is 8.42 Å². The molecule has 3 nitrogen and oxygen atoms in total. The number of sulfonamides is 1. The second-order valence-corrected chi connectivity index (χ2v) is 9.05. The SMILES string of the molecule is O=S(=O)(Cc1ccccc1)NCC1C2CC3=CC(C2)CC1C3. The molecule has 1 N–H and O–H groups in total. The number of nitrogens with one attached hydrogen (secondary N) is 1. The van der Waals surface area contributed by atoms with Gasteiger partial charge in [0.2, 0.25) is 10.0 Å². The van der Waals surface area contributed by atoms with Crippen LogP contribution in [0.25, 0.3) is 0 Å². The minimum Gasteiger partial charge on any atom is -0.215 e. The summed E-state index contributed by atoms with van der Waals surface area (Å²) in [6, 6.07) is 9.42. The molecule has 0 heterocycles. The Morgan fingerprint density at radius 3 is 2.36 bits per heavy atom. The van der Waals surface area contributed by atoms with Crippen molar-refractivity contribution in [2.75, 3.05) is 6.54 Å². The van der Waals surface area contributed by atoms with Crippen LogP contribution in [0.5, 0.6) is 0 Å². The molecule has 4 aliphatic rings. The van der Waals surface area contributed by atoms with E-state index in [2.05, 4.69) is 10.8 Å². The number of hydrogen-bond donors (Lipinski definition) is 1. The van der Waals surface area contributed by atoms with E-state index in [1.807, 2.05) is 30.3 Å². The summed E-state index contributed by atoms with van der Waals surface area (Å²) in [5, 5.41) is 0. The Morgan fingerprint density at radius 1 is 1.05 bits per heavy atom. The van der Waals surface area contributed by atoms with Crippen LogP contribution >= 0.6 is 0 Å². The summed E-state index contributed by atoms with van der Waals surface area (Å²) in [7, 11) is -3.23. The second kappa shape index (κ2) is 5.50. The van der Waals surface area contributed by atoms with Gasteiger partial charge in [-0.25, -0.2) is 13.1 Å². The van der Waals surface area contributed by atoms with Crippen LogP contribution in [0.4, 0.5) is 0 Å². The maximum atomic E-state index is 12.3. The van der Waals surface area contributed by atoms with Gasteiger partial charge in [0.15, 0.2) is 0 Å². The standard InChI is InChI=1S/C18H23NO2S/c20-22(21,12-13-4-2-1-3-5-13)19-11-18-16-7-14-6-15(9-16)10-17(18)8-14/h1-6,14,16-19H,7-12H2. The van der Waals surface area contributed by atoms with Gasteiger partial charge >= 0.3 is 0 Å². The van der Waals surface area contributed by atoms with E-state index >= 15 is 0 Å². The Labute approximate surface area is 132 Å². The lowest BCUT2D eigenvalue weighted by atomic mass is 9.56. The second-order valence-electron chi connectivity index (χ2n) is 7.24. The molecule has 22 heavy (non-hydrogen) atoms. The lowest BCUT2D eigenvalue weighted by Crippen LogP contribution is -2.45. The summed E-state index contributed by atoms with van der Waals surface area (Å²) in [5.74, 6) is 2.82. The van der Waals surface area contributed by atoms with E-state index in [-0.39, 0.29) is 5.75 Å². The molecular weight excluding hydrogens is 294 g/mol. The van der Waals surface area contributed by atoms with Gasteiger partial charge in [0.25, 0.3) is 0 Å². The van der Waals surface area contributed by atoms with E-state index in [0.717, 1.165) is 11.5 Å². The highest BCUT2D eigenvalue weighted by molar-refractivity contribution is 7.88. The predicted octanol–water partition coefficient (Wildman–Crippen LogP) is 3.10. The third kappa shape index (κ3) is 2.86. The van der Waals surface area contributed by atoms with Crippen molar-refractivity contribution in [1.29, 1.82) is 0 Å². The van der Waals surface area contributed by atoms with Gasteiger partial charge in [-0.05, 0) is 54.9 Å². The van der Waals surface area contributed by atoms with Crippen LogP contribution < -0.4 is 4.72 Å². The summed E-state index contributed by atoms with van der Waals surface area (Å²) in [6.07, 6.45) is 7.44. The average Bonchev–Trinajstić information content (AvgIpc) is 2.46. The summed E-state index contributed by atoms with van der Waals surface area (Å²) in [6.45, 7) is 0.629. The van der Waals surface area contributed by atoms with Crippen LogP contribution in [-0.4, -0.2) is 15.0 Å². The quantitative estimate of drug-likeness (QED) is 0.848. The van der Waals surface area contributed by atoms with Crippen LogP contribution in [0.3, 0.4) is 0 Å². The lowest BCUT2D eigenvalue weighted by molar-refractivity contribution is 0.0820. The highest BCUT2D eigenvalue weighted by atomic mass is 32.2. The van der Waals surface area contributed by atoms with Crippen molar-refractivity contribution in [3.8, 4) is 0 Å². The Hall–Kier alpha value is -1.13. The Kier molecular flexibility index (Phi) is 3.61. The van der Waals surface area contributed by atoms with E-state index in [0.29, 0.717) is 24.3 Å². The third-order valence-electron chi connectivity index (χ3n) is 5.68. The maximum absolute atomic E-state index is 12.3. The zero-order chi connectivity index (χ0) is 15.2. The monoisotopic (exact) mass is 317 g/mol. The maximum Gasteiger partial charge on any atom is 0.215 e. The predicted molar refractivity (Wildman–Crippen MR) is 87.6 cm³/mol. The normalized spacial score (nSPS) is 33.0. The topological polar surface area (TPSA) is 46.2 Å². The van der Waals surface area contributed by atoms with E-state index in [9.17, 15) is 8.42 Å². The molecule has 118 valence electrons. The molecule has 2 fully saturated rings. The zero-order valence-electron chi connectivity index (χ0n) is 12.7. The van der Waals surface area contributed by atoms with Gasteiger partial charge in [0, 0.05) is 6.54 Å². The first-order valence-electron chi connectivity index (χ1n) is 8.30. The fourth-order valence-corrected chi connectivity index (χ4v) is 6.02. The van der Waals surface area contributed by atoms with Crippen molar-refractivity contribution in [3.05, 3.63) is 47.5 Å². The summed E-state index contributed by atoms with van der Waals surface area (Å²) in [5.41, 5.74) is 2.49. The minimum absolute atomic E-state index is 0.0870. The third-order valence-corrected chi connectivity index (χ3v) is 7.00. The molecule has 4 aliphatic carbocycles. The first-order chi connectivity index (χ1) is 10.6. The van der Waals surface area contributed by atoms with Gasteiger partial charge in [0.1, 0.15) is 0 Å². The van der Waals surface area contributed by atoms with Gasteiger partial charge in [0.05, 0.1) is 5.75 Å². The number of benzene rings is 1. The van der Waals surface area contributed by atoms with E-state index in [1.54, 1.807) is 5.57 Å². The largest absolute Gasteiger partial charge is 0.215 e. The highest BCUT2D eigenvalue weighted by Crippen LogP contribution is 2.53. The number of rotatable bonds is 5. The first kappa shape index (κ1) is 14.5. The molecule has 4 heteroatoms. The molecule has 2 unspecified atom stereocenters. The van der Waals surface area contributed by atoms with E-state index in [4.69, 9.17) is 0 Å². The number of allylic oxidation sites excluding steroid dienone is 2. The first-order valence-corrected chi connectivity index (χ1v) is 9.95. The Bertz CT molecular complexity index is 662. The van der Waals surface area contributed by atoms with Crippen LogP contribution in [0.1, 0.15) is 31.2 Å². The molecule has 1 aromatic rings. The molecule has 0 saturated heterocycles. The molecule has 4 bridgehead atoms. The van der Waals surface area contributed by atoms with Crippen molar-refractivity contribution >= 4 is 10.0 Å². The molecule has 0 amide bonds. The average molecular weight is 317 g/mol. The minimum atomic E-state index is -3.23.